The van der Waals surface area contributed by atoms with E-state index in [2.05, 4.69) is 32.9 Å². The summed E-state index contributed by atoms with van der Waals surface area (Å²) in [6.45, 7) is 2.64. The van der Waals surface area contributed by atoms with Crippen LogP contribution >= 0.6 is 0 Å². The number of methoxy groups -OCH3 is 1. The van der Waals surface area contributed by atoms with Crippen molar-refractivity contribution in [3.05, 3.63) is 101 Å². The summed E-state index contributed by atoms with van der Waals surface area (Å²) in [6.07, 6.45) is 5.63. The van der Waals surface area contributed by atoms with Gasteiger partial charge in [0, 0.05) is 48.0 Å². The van der Waals surface area contributed by atoms with Gasteiger partial charge in [0.25, 0.3) is 5.91 Å². The molecule has 0 fully saturated rings. The van der Waals surface area contributed by atoms with Crippen LogP contribution in [0.5, 0.6) is 5.75 Å². The first-order valence-corrected chi connectivity index (χ1v) is 11.6. The monoisotopic (exact) mass is 496 g/mol. The van der Waals surface area contributed by atoms with E-state index in [1.165, 1.54) is 19.2 Å². The van der Waals surface area contributed by atoms with Gasteiger partial charge in [-0.15, -0.1) is 0 Å². The second-order valence-corrected chi connectivity index (χ2v) is 8.57. The minimum atomic E-state index is -0.550. The van der Waals surface area contributed by atoms with Crippen LogP contribution < -0.4 is 20.8 Å². The molecule has 0 atom stereocenters. The number of pyridine rings is 1. The molecular formula is C28H25FN6O2. The molecule has 1 aliphatic heterocycles. The third-order valence-electron chi connectivity index (χ3n) is 5.93. The van der Waals surface area contributed by atoms with Gasteiger partial charge >= 0.3 is 0 Å². The summed E-state index contributed by atoms with van der Waals surface area (Å²) in [6, 6.07) is 13.5. The first kappa shape index (κ1) is 23.9. The van der Waals surface area contributed by atoms with Gasteiger partial charge in [0.2, 0.25) is 0 Å². The third kappa shape index (κ3) is 5.10. The topological polar surface area (TPSA) is 82.9 Å². The smallest absolute Gasteiger partial charge is 0.255 e. The number of carbonyl (C=O) groups excluding carboxylic acids is 1. The summed E-state index contributed by atoms with van der Waals surface area (Å²) in [4.78, 5) is 17.4. The maximum atomic E-state index is 14.0. The fourth-order valence-electron chi connectivity index (χ4n) is 3.96. The number of benzene rings is 2. The molecule has 1 aliphatic rings. The molecule has 186 valence electrons. The molecule has 0 radical (unpaired) electrons. The molecule has 4 aromatic rings. The molecule has 3 heterocycles. The molecule has 0 bridgehead atoms. The molecule has 2 aromatic heterocycles. The number of hydrogen-bond acceptors (Lipinski definition) is 6. The highest BCUT2D eigenvalue weighted by Crippen LogP contribution is 2.22. The molecule has 37 heavy (non-hydrogen) atoms. The molecule has 3 N–H and O–H groups in total. The number of amides is 1. The van der Waals surface area contributed by atoms with Crippen molar-refractivity contribution in [1.29, 1.82) is 0 Å². The Labute approximate surface area is 213 Å². The predicted molar refractivity (Wildman–Crippen MR) is 141 cm³/mol. The van der Waals surface area contributed by atoms with Gasteiger partial charge in [-0.2, -0.15) is 0 Å². The summed E-state index contributed by atoms with van der Waals surface area (Å²) in [5.41, 5.74) is 8.99. The highest BCUT2D eigenvalue weighted by molar-refractivity contribution is 6.04. The van der Waals surface area contributed by atoms with E-state index in [1.807, 2.05) is 54.0 Å². The molecule has 9 heteroatoms. The zero-order chi connectivity index (χ0) is 25.9. The number of hydrogen-bond donors (Lipinski definition) is 3. The number of aryl methyl sites for hydroxylation is 1. The van der Waals surface area contributed by atoms with Crippen LogP contribution in [0, 0.1) is 24.6 Å². The van der Waals surface area contributed by atoms with E-state index in [-0.39, 0.29) is 11.7 Å². The van der Waals surface area contributed by atoms with Gasteiger partial charge in [-0.25, -0.2) is 14.8 Å². The van der Waals surface area contributed by atoms with Crippen LogP contribution in [0.2, 0.25) is 0 Å². The van der Waals surface area contributed by atoms with Gasteiger partial charge in [-0.05, 0) is 54.8 Å². The van der Waals surface area contributed by atoms with Crippen molar-refractivity contribution in [2.75, 3.05) is 31.3 Å². The maximum Gasteiger partial charge on any atom is 0.255 e. The lowest BCUT2D eigenvalue weighted by atomic mass is 10.0. The minimum Gasteiger partial charge on any atom is -0.494 e. The Kier molecular flexibility index (Phi) is 6.49. The van der Waals surface area contributed by atoms with E-state index in [1.54, 1.807) is 24.4 Å². The second-order valence-electron chi connectivity index (χ2n) is 8.57. The predicted octanol–water partition coefficient (Wildman–Crippen LogP) is 4.15. The number of ether oxygens (including phenoxy) is 1. The summed E-state index contributed by atoms with van der Waals surface area (Å²) in [5, 5.41) is 8.02. The SMILES string of the molecule is COc1ccc(NC(=O)c2ccc(C)c(C#Cc3cnc4c(NC5=CN(C)NC5)cccn34)c2)cc1F. The number of rotatable bonds is 5. The van der Waals surface area contributed by atoms with E-state index in [0.29, 0.717) is 23.4 Å². The van der Waals surface area contributed by atoms with E-state index in [0.717, 1.165) is 28.3 Å². The van der Waals surface area contributed by atoms with Gasteiger partial charge in [-0.3, -0.25) is 9.20 Å². The number of hydrazine groups is 1. The normalized spacial score (nSPS) is 12.6. The molecule has 0 saturated carbocycles. The number of anilines is 2. The largest absolute Gasteiger partial charge is 0.494 e. The zero-order valence-electron chi connectivity index (χ0n) is 20.6. The number of aromatic nitrogens is 2. The van der Waals surface area contributed by atoms with Gasteiger partial charge in [-0.1, -0.05) is 12.0 Å². The average Bonchev–Trinajstić information content (AvgIpc) is 3.50. The van der Waals surface area contributed by atoms with E-state index in [9.17, 15) is 9.18 Å². The lowest BCUT2D eigenvalue weighted by Crippen LogP contribution is -2.24. The quantitative estimate of drug-likeness (QED) is 0.360. The first-order chi connectivity index (χ1) is 17.9. The first-order valence-electron chi connectivity index (χ1n) is 11.6. The Morgan fingerprint density at radius 3 is 2.81 bits per heavy atom. The van der Waals surface area contributed by atoms with Gasteiger partial charge in [0.05, 0.1) is 25.5 Å². The molecule has 8 nitrogen and oxygen atoms in total. The fourth-order valence-corrected chi connectivity index (χ4v) is 3.96. The number of imidazole rings is 1. The standard InChI is InChI=1S/C28H25FN6O2/c1-18-6-7-20(28(36)33-21-9-11-26(37-3)24(29)14-21)13-19(18)8-10-23-16-30-27-25(5-4-12-35(23)27)32-22-15-31-34(2)17-22/h4-7,9,11-14,16-17,31-32H,15H2,1-3H3,(H,33,36). The summed E-state index contributed by atoms with van der Waals surface area (Å²) in [7, 11) is 3.33. The van der Waals surface area contributed by atoms with Gasteiger partial charge in [0.15, 0.2) is 17.2 Å². The van der Waals surface area contributed by atoms with Crippen molar-refractivity contribution in [2.45, 2.75) is 6.92 Å². The third-order valence-corrected chi connectivity index (χ3v) is 5.93. The van der Waals surface area contributed by atoms with Crippen molar-refractivity contribution < 1.29 is 13.9 Å². The van der Waals surface area contributed by atoms with Crippen LogP contribution in [-0.4, -0.2) is 41.0 Å². The molecule has 0 spiro atoms. The Morgan fingerprint density at radius 1 is 1.19 bits per heavy atom. The highest BCUT2D eigenvalue weighted by Gasteiger charge is 2.13. The number of carbonyl (C=O) groups is 1. The van der Waals surface area contributed by atoms with Crippen molar-refractivity contribution >= 4 is 22.9 Å². The average molecular weight is 497 g/mol. The lowest BCUT2D eigenvalue weighted by molar-refractivity contribution is 0.102. The Hall–Kier alpha value is -4.81. The van der Waals surface area contributed by atoms with Gasteiger partial charge < -0.3 is 20.4 Å². The van der Waals surface area contributed by atoms with Crippen molar-refractivity contribution in [1.82, 2.24) is 19.8 Å². The maximum absolute atomic E-state index is 14.0. The van der Waals surface area contributed by atoms with Crippen molar-refractivity contribution in [3.8, 4) is 17.6 Å². The highest BCUT2D eigenvalue weighted by atomic mass is 19.1. The van der Waals surface area contributed by atoms with Crippen LogP contribution in [0.25, 0.3) is 5.65 Å². The Bertz CT molecular complexity index is 1600. The lowest BCUT2D eigenvalue weighted by Gasteiger charge is -2.08. The van der Waals surface area contributed by atoms with E-state index in [4.69, 9.17) is 4.74 Å². The summed E-state index contributed by atoms with van der Waals surface area (Å²) >= 11 is 0. The van der Waals surface area contributed by atoms with Crippen LogP contribution in [0.3, 0.4) is 0 Å². The Morgan fingerprint density at radius 2 is 2.05 bits per heavy atom. The number of halogens is 1. The molecular weight excluding hydrogens is 471 g/mol. The zero-order valence-corrected chi connectivity index (χ0v) is 20.6. The van der Waals surface area contributed by atoms with Crippen molar-refractivity contribution in [3.63, 3.8) is 0 Å². The van der Waals surface area contributed by atoms with Crippen LogP contribution in [0.15, 0.2) is 72.8 Å². The van der Waals surface area contributed by atoms with Crippen LogP contribution in [0.4, 0.5) is 15.8 Å². The second kappa shape index (κ2) is 10.0. The summed E-state index contributed by atoms with van der Waals surface area (Å²) in [5.74, 6) is 5.56. The molecule has 2 aromatic carbocycles. The number of nitrogens with zero attached hydrogens (tertiary/aromatic N) is 3. The van der Waals surface area contributed by atoms with Crippen LogP contribution in [0.1, 0.15) is 27.2 Å². The Balaban J connectivity index is 1.38. The minimum absolute atomic E-state index is 0.112. The van der Waals surface area contributed by atoms with E-state index >= 15 is 0 Å². The number of nitrogens with one attached hydrogen (secondary N) is 3. The molecule has 1 amide bonds. The number of fused-ring (bicyclic) bond motifs is 1. The van der Waals surface area contributed by atoms with Gasteiger partial charge in [0.1, 0.15) is 5.69 Å². The molecule has 0 unspecified atom stereocenters. The molecule has 5 rings (SSSR count). The van der Waals surface area contributed by atoms with Crippen LogP contribution in [-0.2, 0) is 0 Å². The summed E-state index contributed by atoms with van der Waals surface area (Å²) < 4.78 is 20.8. The molecule has 0 saturated heterocycles. The van der Waals surface area contributed by atoms with E-state index < -0.39 is 5.82 Å². The fraction of sp³-hybridized carbons (Fsp3) is 0.143. The van der Waals surface area contributed by atoms with Crippen molar-refractivity contribution in [2.24, 2.45) is 0 Å². The molecule has 0 aliphatic carbocycles.